The molecule has 1 aromatic carbocycles. The number of guanidine groups is 1. The Kier molecular flexibility index (Phi) is 2.97. The van der Waals surface area contributed by atoms with Crippen molar-refractivity contribution in [1.82, 2.24) is 0 Å². The minimum Gasteiger partial charge on any atom is -0.497 e. The fourth-order valence-electron chi connectivity index (χ4n) is 0.814. The predicted octanol–water partition coefficient (Wildman–Crippen LogP) is 1.92. The molecule has 5 heteroatoms. The Balaban J connectivity index is 0.00000169. The first-order chi connectivity index (χ1) is 6.26. The van der Waals surface area contributed by atoms with Crippen LogP contribution in [-0.2, 0) is 0 Å². The summed E-state index contributed by atoms with van der Waals surface area (Å²) in [7, 11) is 1.59. The molecule has 0 amide bonds. The first-order valence-electron chi connectivity index (χ1n) is 3.62. The zero-order valence-corrected chi connectivity index (χ0v) is 7.19. The van der Waals surface area contributed by atoms with Crippen LogP contribution in [-0.4, -0.2) is 13.1 Å². The average Bonchev–Trinajstić information content (AvgIpc) is 2.19. The Labute approximate surface area is 77.2 Å². The number of nitrogens with zero attached hydrogens (tertiary/aromatic N) is 2. The normalized spacial score (nSPS) is 11.0. The second-order valence-corrected chi connectivity index (χ2v) is 2.28. The molecule has 0 heterocycles. The van der Waals surface area contributed by atoms with E-state index in [9.17, 15) is 0 Å². The van der Waals surface area contributed by atoms with Crippen molar-refractivity contribution < 1.29 is 6.16 Å². The first kappa shape index (κ1) is 9.18. The number of ether oxygens (including phenoxy) is 1. The molecule has 0 fully saturated rings. The van der Waals surface area contributed by atoms with Gasteiger partial charge in [-0.05, 0) is 24.3 Å². The Morgan fingerprint density at radius 3 is 2.54 bits per heavy atom. The van der Waals surface area contributed by atoms with Crippen LogP contribution in [0.1, 0.15) is 1.43 Å². The maximum absolute atomic E-state index is 6.58. The van der Waals surface area contributed by atoms with Crippen LogP contribution in [0.4, 0.5) is 5.69 Å². The van der Waals surface area contributed by atoms with E-state index in [2.05, 4.69) is 10.1 Å². The highest BCUT2D eigenvalue weighted by Gasteiger charge is 1.92. The molecule has 0 aliphatic rings. The summed E-state index contributed by atoms with van der Waals surface area (Å²) in [5, 5.41) is 2.97. The van der Waals surface area contributed by atoms with Gasteiger partial charge in [-0.25, -0.2) is 10.5 Å². The number of hydrogen-bond acceptors (Lipinski definition) is 3. The predicted molar refractivity (Wildman–Crippen MR) is 51.5 cm³/mol. The lowest BCUT2D eigenvalue weighted by Crippen LogP contribution is -2.05. The third kappa shape index (κ3) is 2.55. The number of methoxy groups -OCH3 is 1. The molecule has 1 rings (SSSR count). The SMILES string of the molecule is COc1ccc(N=C(N)N=N)cc1.[HH]. The van der Waals surface area contributed by atoms with Gasteiger partial charge in [-0.1, -0.05) is 0 Å². The second-order valence-electron chi connectivity index (χ2n) is 2.28. The standard InChI is InChI=1S/C8H10N4O.H2/c1-13-7-4-2-6(3-5-7)11-8(9)12-10;/h2-5,10H,1H3,(H2,9,11);1H. The molecule has 0 saturated carbocycles. The molecule has 0 radical (unpaired) electrons. The number of benzene rings is 1. The average molecular weight is 180 g/mol. The zero-order chi connectivity index (χ0) is 9.68. The summed E-state index contributed by atoms with van der Waals surface area (Å²) in [5.74, 6) is 0.686. The fourth-order valence-corrected chi connectivity index (χ4v) is 0.814. The summed E-state index contributed by atoms with van der Waals surface area (Å²) in [6, 6.07) is 6.99. The van der Waals surface area contributed by atoms with Crippen LogP contribution in [0.3, 0.4) is 0 Å². The van der Waals surface area contributed by atoms with E-state index in [1.165, 1.54) is 0 Å². The largest absolute Gasteiger partial charge is 0.497 e. The van der Waals surface area contributed by atoms with Crippen LogP contribution in [0.5, 0.6) is 5.75 Å². The molecule has 70 valence electrons. The quantitative estimate of drug-likeness (QED) is 0.414. The summed E-state index contributed by atoms with van der Waals surface area (Å²) < 4.78 is 4.96. The Morgan fingerprint density at radius 1 is 1.46 bits per heavy atom. The Bertz CT molecular complexity index is 323. The highest BCUT2D eigenvalue weighted by Crippen LogP contribution is 2.17. The van der Waals surface area contributed by atoms with Gasteiger partial charge in [0.2, 0.25) is 5.96 Å². The molecule has 0 saturated heterocycles. The summed E-state index contributed by atoms with van der Waals surface area (Å²) in [6.45, 7) is 0. The molecule has 0 aliphatic heterocycles. The molecule has 5 nitrogen and oxygen atoms in total. The third-order valence-electron chi connectivity index (χ3n) is 1.43. The van der Waals surface area contributed by atoms with Crippen molar-refractivity contribution in [2.24, 2.45) is 15.8 Å². The number of aliphatic imine (C=N–C) groups is 1. The lowest BCUT2D eigenvalue weighted by molar-refractivity contribution is 0.415. The highest BCUT2D eigenvalue weighted by molar-refractivity contribution is 5.80. The van der Waals surface area contributed by atoms with Crippen LogP contribution in [0, 0.1) is 5.53 Å². The molecule has 0 spiro atoms. The molecule has 0 aromatic heterocycles. The molecular weight excluding hydrogens is 168 g/mol. The summed E-state index contributed by atoms with van der Waals surface area (Å²) in [6.07, 6.45) is 0. The van der Waals surface area contributed by atoms with Crippen molar-refractivity contribution in [1.29, 1.82) is 5.53 Å². The van der Waals surface area contributed by atoms with Crippen LogP contribution in [0.25, 0.3) is 0 Å². The van der Waals surface area contributed by atoms with Gasteiger partial charge in [0.15, 0.2) is 0 Å². The lowest BCUT2D eigenvalue weighted by Gasteiger charge is -1.98. The van der Waals surface area contributed by atoms with Gasteiger partial charge in [0.25, 0.3) is 0 Å². The van der Waals surface area contributed by atoms with E-state index in [-0.39, 0.29) is 7.39 Å². The first-order valence-corrected chi connectivity index (χ1v) is 3.62. The summed E-state index contributed by atoms with van der Waals surface area (Å²) >= 11 is 0. The topological polar surface area (TPSA) is 83.8 Å². The van der Waals surface area contributed by atoms with E-state index < -0.39 is 0 Å². The van der Waals surface area contributed by atoms with E-state index >= 15 is 0 Å². The fraction of sp³-hybridized carbons (Fsp3) is 0.125. The van der Waals surface area contributed by atoms with Crippen molar-refractivity contribution in [3.8, 4) is 5.75 Å². The monoisotopic (exact) mass is 180 g/mol. The van der Waals surface area contributed by atoms with Crippen molar-refractivity contribution >= 4 is 11.6 Å². The van der Waals surface area contributed by atoms with Gasteiger partial charge in [0, 0.05) is 1.43 Å². The van der Waals surface area contributed by atoms with Gasteiger partial charge in [0.1, 0.15) is 5.75 Å². The molecular formula is C8H12N4O. The maximum atomic E-state index is 6.58. The van der Waals surface area contributed by atoms with Gasteiger partial charge < -0.3 is 10.5 Å². The number of hydrogen-bond donors (Lipinski definition) is 2. The van der Waals surface area contributed by atoms with Gasteiger partial charge in [-0.2, -0.15) is 0 Å². The van der Waals surface area contributed by atoms with Crippen LogP contribution in [0.15, 0.2) is 34.4 Å². The Hall–Kier alpha value is -1.91. The molecule has 3 N–H and O–H groups in total. The van der Waals surface area contributed by atoms with Crippen molar-refractivity contribution in [2.45, 2.75) is 0 Å². The van der Waals surface area contributed by atoms with Gasteiger partial charge in [0.05, 0.1) is 12.8 Å². The maximum Gasteiger partial charge on any atom is 0.239 e. The zero-order valence-electron chi connectivity index (χ0n) is 7.19. The number of rotatable bonds is 2. The summed E-state index contributed by atoms with van der Waals surface area (Å²) in [4.78, 5) is 3.84. The van der Waals surface area contributed by atoms with E-state index in [0.29, 0.717) is 5.69 Å². The highest BCUT2D eigenvalue weighted by atomic mass is 16.5. The van der Waals surface area contributed by atoms with Gasteiger partial charge >= 0.3 is 0 Å². The minimum atomic E-state index is -0.0647. The van der Waals surface area contributed by atoms with Crippen LogP contribution >= 0.6 is 0 Å². The van der Waals surface area contributed by atoms with Crippen molar-refractivity contribution in [3.63, 3.8) is 0 Å². The lowest BCUT2D eigenvalue weighted by atomic mass is 10.3. The minimum absolute atomic E-state index is 0. The molecule has 0 atom stereocenters. The summed E-state index contributed by atoms with van der Waals surface area (Å²) in [5.41, 5.74) is 12.5. The molecule has 13 heavy (non-hydrogen) atoms. The van der Waals surface area contributed by atoms with E-state index in [1.54, 1.807) is 31.4 Å². The number of nitrogens with one attached hydrogen (secondary N) is 1. The third-order valence-corrected chi connectivity index (χ3v) is 1.43. The van der Waals surface area contributed by atoms with Crippen molar-refractivity contribution in [3.05, 3.63) is 24.3 Å². The second kappa shape index (κ2) is 4.20. The number of nitrogens with two attached hydrogens (primary N) is 1. The van der Waals surface area contributed by atoms with Crippen LogP contribution in [0.2, 0.25) is 0 Å². The van der Waals surface area contributed by atoms with Gasteiger partial charge in [-0.15, -0.1) is 5.11 Å². The van der Waals surface area contributed by atoms with E-state index in [0.717, 1.165) is 5.75 Å². The molecule has 1 aromatic rings. The molecule has 0 unspecified atom stereocenters. The Morgan fingerprint density at radius 2 is 2.08 bits per heavy atom. The van der Waals surface area contributed by atoms with Crippen LogP contribution < -0.4 is 10.5 Å². The van der Waals surface area contributed by atoms with E-state index in [1.807, 2.05) is 0 Å². The van der Waals surface area contributed by atoms with Crippen molar-refractivity contribution in [2.75, 3.05) is 7.11 Å². The van der Waals surface area contributed by atoms with E-state index in [4.69, 9.17) is 16.0 Å². The molecule has 0 bridgehead atoms. The van der Waals surface area contributed by atoms with Gasteiger partial charge in [-0.3, -0.25) is 0 Å². The molecule has 0 aliphatic carbocycles. The smallest absolute Gasteiger partial charge is 0.239 e.